The Hall–Kier alpha value is -3.75. The molecule has 2 aromatic carbocycles. The van der Waals surface area contributed by atoms with Crippen LogP contribution >= 0.6 is 0 Å². The predicted octanol–water partition coefficient (Wildman–Crippen LogP) is 2.65. The fraction of sp³-hybridized carbons (Fsp3) is 0.250. The molecule has 0 saturated carbocycles. The number of amides is 1. The van der Waals surface area contributed by atoms with Crippen molar-refractivity contribution in [3.63, 3.8) is 0 Å². The molecule has 9 nitrogen and oxygen atoms in total. The highest BCUT2D eigenvalue weighted by Crippen LogP contribution is 2.17. The van der Waals surface area contributed by atoms with E-state index in [1.54, 1.807) is 29.2 Å². The van der Waals surface area contributed by atoms with Gasteiger partial charge in [0.15, 0.2) is 6.61 Å². The van der Waals surface area contributed by atoms with Gasteiger partial charge in [-0.05, 0) is 38.1 Å². The summed E-state index contributed by atoms with van der Waals surface area (Å²) < 4.78 is 5.46. The zero-order chi connectivity index (χ0) is 21.0. The SMILES string of the molecule is CC(C)N(Cc1nc2ccccc2c(=O)[nH]1)C(=O)COc1ccc([N+](=O)[O-])cc1. The van der Waals surface area contributed by atoms with E-state index in [-0.39, 0.29) is 36.3 Å². The van der Waals surface area contributed by atoms with Crippen molar-refractivity contribution in [1.82, 2.24) is 14.9 Å². The van der Waals surface area contributed by atoms with Crippen molar-refractivity contribution < 1.29 is 14.5 Å². The van der Waals surface area contributed by atoms with E-state index >= 15 is 0 Å². The van der Waals surface area contributed by atoms with Crippen LogP contribution in [0.1, 0.15) is 19.7 Å². The van der Waals surface area contributed by atoms with Crippen molar-refractivity contribution in [3.05, 3.63) is 74.8 Å². The lowest BCUT2D eigenvalue weighted by Gasteiger charge is -2.26. The number of H-pyrrole nitrogens is 1. The molecule has 0 unspecified atom stereocenters. The van der Waals surface area contributed by atoms with Gasteiger partial charge in [0, 0.05) is 18.2 Å². The molecule has 1 N–H and O–H groups in total. The summed E-state index contributed by atoms with van der Waals surface area (Å²) in [5.41, 5.74) is 0.243. The number of aromatic amines is 1. The normalized spacial score (nSPS) is 10.9. The number of aromatic nitrogens is 2. The number of nitro benzene ring substituents is 1. The first-order valence-corrected chi connectivity index (χ1v) is 9.00. The Balaban J connectivity index is 1.71. The molecule has 29 heavy (non-hydrogen) atoms. The van der Waals surface area contributed by atoms with E-state index in [1.807, 2.05) is 13.8 Å². The summed E-state index contributed by atoms with van der Waals surface area (Å²) in [6.45, 7) is 3.58. The van der Waals surface area contributed by atoms with Crippen molar-refractivity contribution in [2.45, 2.75) is 26.4 Å². The lowest BCUT2D eigenvalue weighted by molar-refractivity contribution is -0.384. The van der Waals surface area contributed by atoms with Crippen LogP contribution < -0.4 is 10.3 Å². The van der Waals surface area contributed by atoms with Crippen LogP contribution in [0.3, 0.4) is 0 Å². The zero-order valence-electron chi connectivity index (χ0n) is 16.0. The Bertz CT molecular complexity index is 1090. The first-order valence-electron chi connectivity index (χ1n) is 9.00. The Morgan fingerprint density at radius 2 is 1.90 bits per heavy atom. The minimum absolute atomic E-state index is 0.0567. The number of hydrogen-bond acceptors (Lipinski definition) is 6. The lowest BCUT2D eigenvalue weighted by atomic mass is 10.2. The maximum Gasteiger partial charge on any atom is 0.269 e. The largest absolute Gasteiger partial charge is 0.484 e. The summed E-state index contributed by atoms with van der Waals surface area (Å²) in [5.74, 6) is 0.435. The summed E-state index contributed by atoms with van der Waals surface area (Å²) in [4.78, 5) is 43.8. The van der Waals surface area contributed by atoms with Gasteiger partial charge in [-0.2, -0.15) is 0 Å². The third-order valence-electron chi connectivity index (χ3n) is 4.34. The standard InChI is InChI=1S/C20H20N4O5/c1-13(2)23(11-18-21-17-6-4-3-5-16(17)20(26)22-18)19(25)12-29-15-9-7-14(8-10-15)24(27)28/h3-10,13H,11-12H2,1-2H3,(H,21,22,26). The lowest BCUT2D eigenvalue weighted by Crippen LogP contribution is -2.40. The number of para-hydroxylation sites is 1. The van der Waals surface area contributed by atoms with E-state index in [2.05, 4.69) is 9.97 Å². The molecule has 1 aromatic heterocycles. The number of nitro groups is 1. The van der Waals surface area contributed by atoms with Crippen molar-refractivity contribution in [3.8, 4) is 5.75 Å². The fourth-order valence-electron chi connectivity index (χ4n) is 2.82. The Morgan fingerprint density at radius 1 is 1.21 bits per heavy atom. The molecule has 0 spiro atoms. The third-order valence-corrected chi connectivity index (χ3v) is 4.34. The zero-order valence-corrected chi connectivity index (χ0v) is 16.0. The van der Waals surface area contributed by atoms with Crippen LogP contribution in [0.15, 0.2) is 53.3 Å². The van der Waals surface area contributed by atoms with Gasteiger partial charge in [-0.1, -0.05) is 12.1 Å². The molecule has 0 atom stereocenters. The molecule has 0 bridgehead atoms. The van der Waals surface area contributed by atoms with Crippen LogP contribution in [-0.4, -0.2) is 38.3 Å². The maximum absolute atomic E-state index is 12.7. The van der Waals surface area contributed by atoms with Gasteiger partial charge >= 0.3 is 0 Å². The first-order chi connectivity index (χ1) is 13.8. The number of rotatable bonds is 7. The predicted molar refractivity (Wildman–Crippen MR) is 107 cm³/mol. The van der Waals surface area contributed by atoms with Crippen molar-refractivity contribution in [2.75, 3.05) is 6.61 Å². The Labute approximate surface area is 166 Å². The van der Waals surface area contributed by atoms with Gasteiger partial charge in [0.05, 0.1) is 22.4 Å². The van der Waals surface area contributed by atoms with E-state index in [9.17, 15) is 19.7 Å². The molecular formula is C20H20N4O5. The third kappa shape index (κ3) is 4.75. The van der Waals surface area contributed by atoms with E-state index in [0.29, 0.717) is 22.5 Å². The molecule has 0 fully saturated rings. The second-order valence-corrected chi connectivity index (χ2v) is 6.68. The summed E-state index contributed by atoms with van der Waals surface area (Å²) in [6, 6.07) is 12.3. The average Bonchev–Trinajstić information content (AvgIpc) is 2.70. The minimum Gasteiger partial charge on any atom is -0.484 e. The highest BCUT2D eigenvalue weighted by molar-refractivity contribution is 5.79. The van der Waals surface area contributed by atoms with E-state index in [4.69, 9.17) is 4.74 Å². The molecule has 9 heteroatoms. The van der Waals surface area contributed by atoms with Crippen molar-refractivity contribution >= 4 is 22.5 Å². The number of nitrogens with zero attached hydrogens (tertiary/aromatic N) is 3. The summed E-state index contributed by atoms with van der Waals surface area (Å²) in [5, 5.41) is 11.2. The minimum atomic E-state index is -0.507. The molecular weight excluding hydrogens is 376 g/mol. The van der Waals surface area contributed by atoms with Gasteiger partial charge in [-0.25, -0.2) is 4.98 Å². The van der Waals surface area contributed by atoms with Crippen LogP contribution in [0.25, 0.3) is 10.9 Å². The molecule has 0 aliphatic heterocycles. The number of fused-ring (bicyclic) bond motifs is 1. The molecule has 3 rings (SSSR count). The second-order valence-electron chi connectivity index (χ2n) is 6.68. The Morgan fingerprint density at radius 3 is 2.55 bits per heavy atom. The molecule has 1 amide bonds. The average molecular weight is 396 g/mol. The molecule has 0 saturated heterocycles. The summed E-state index contributed by atoms with van der Waals surface area (Å²) >= 11 is 0. The van der Waals surface area contributed by atoms with Crippen LogP contribution in [-0.2, 0) is 11.3 Å². The van der Waals surface area contributed by atoms with Crippen molar-refractivity contribution in [1.29, 1.82) is 0 Å². The Kier molecular flexibility index (Phi) is 5.87. The molecule has 0 aliphatic rings. The van der Waals surface area contributed by atoms with Gasteiger partial charge in [0.25, 0.3) is 17.2 Å². The van der Waals surface area contributed by atoms with Gasteiger partial charge in [0.2, 0.25) is 0 Å². The number of carbonyl (C=O) groups is 1. The fourth-order valence-corrected chi connectivity index (χ4v) is 2.82. The number of hydrogen-bond donors (Lipinski definition) is 1. The second kappa shape index (κ2) is 8.51. The van der Waals surface area contributed by atoms with Crippen LogP contribution in [0.5, 0.6) is 5.75 Å². The van der Waals surface area contributed by atoms with E-state index < -0.39 is 4.92 Å². The van der Waals surface area contributed by atoms with Crippen LogP contribution in [0.2, 0.25) is 0 Å². The smallest absolute Gasteiger partial charge is 0.269 e. The topological polar surface area (TPSA) is 118 Å². The van der Waals surface area contributed by atoms with Gasteiger partial charge in [-0.3, -0.25) is 19.7 Å². The number of carbonyl (C=O) groups excluding carboxylic acids is 1. The summed E-state index contributed by atoms with van der Waals surface area (Å²) in [6.07, 6.45) is 0. The van der Waals surface area contributed by atoms with Gasteiger partial charge in [-0.15, -0.1) is 0 Å². The van der Waals surface area contributed by atoms with E-state index in [0.717, 1.165) is 0 Å². The summed E-state index contributed by atoms with van der Waals surface area (Å²) in [7, 11) is 0. The van der Waals surface area contributed by atoms with Gasteiger partial charge in [0.1, 0.15) is 11.6 Å². The highest BCUT2D eigenvalue weighted by atomic mass is 16.6. The molecule has 0 radical (unpaired) electrons. The molecule has 150 valence electrons. The number of nitrogens with one attached hydrogen (secondary N) is 1. The number of ether oxygens (including phenoxy) is 1. The molecule has 1 heterocycles. The van der Waals surface area contributed by atoms with E-state index in [1.165, 1.54) is 24.3 Å². The van der Waals surface area contributed by atoms with Gasteiger partial charge < -0.3 is 14.6 Å². The van der Waals surface area contributed by atoms with Crippen LogP contribution in [0, 0.1) is 10.1 Å². The number of benzene rings is 2. The first kappa shape index (κ1) is 20.0. The number of non-ortho nitro benzene ring substituents is 1. The van der Waals surface area contributed by atoms with Crippen molar-refractivity contribution in [2.24, 2.45) is 0 Å². The molecule has 0 aliphatic carbocycles. The monoisotopic (exact) mass is 396 g/mol. The van der Waals surface area contributed by atoms with Crippen LogP contribution in [0.4, 0.5) is 5.69 Å². The quantitative estimate of drug-likeness (QED) is 0.484. The highest BCUT2D eigenvalue weighted by Gasteiger charge is 2.20. The maximum atomic E-state index is 12.7. The molecule has 3 aromatic rings.